The molecule has 0 saturated carbocycles. The Hall–Kier alpha value is -3.43. The Kier molecular flexibility index (Phi) is 6.11. The lowest BCUT2D eigenvalue weighted by Crippen LogP contribution is -2.16. The summed E-state index contributed by atoms with van der Waals surface area (Å²) in [5.41, 5.74) is 0.852. The highest BCUT2D eigenvalue weighted by Gasteiger charge is 2.20. The fourth-order valence-corrected chi connectivity index (χ4v) is 4.32. The standard InChI is InChI=1S/C22H19ClN2O6S/c1-2-29-19-9-7-17(12-18(19)24-22(26)14-4-3-5-15(23)10-14)32(27,28)25-16-6-8-20-21(11-16)31-13-30-20/h3-12,25H,2,13H2,1H3,(H,24,26). The molecule has 166 valence electrons. The molecule has 0 saturated heterocycles. The molecule has 1 aliphatic heterocycles. The second-order valence-corrected chi connectivity index (χ2v) is 8.85. The quantitative estimate of drug-likeness (QED) is 0.522. The minimum Gasteiger partial charge on any atom is -0.492 e. The van der Waals surface area contributed by atoms with Crippen LogP contribution in [0.2, 0.25) is 5.02 Å². The van der Waals surface area contributed by atoms with Crippen LogP contribution in [0.25, 0.3) is 0 Å². The summed E-state index contributed by atoms with van der Waals surface area (Å²) in [6.45, 7) is 2.20. The van der Waals surface area contributed by atoms with E-state index in [0.717, 1.165) is 0 Å². The molecule has 1 aliphatic rings. The molecule has 0 aliphatic carbocycles. The zero-order valence-corrected chi connectivity index (χ0v) is 18.5. The summed E-state index contributed by atoms with van der Waals surface area (Å²) in [4.78, 5) is 12.6. The van der Waals surface area contributed by atoms with Gasteiger partial charge in [0.2, 0.25) is 6.79 Å². The Labute approximate surface area is 190 Å². The topological polar surface area (TPSA) is 103 Å². The van der Waals surface area contributed by atoms with Gasteiger partial charge in [-0.2, -0.15) is 0 Å². The minimum absolute atomic E-state index is 0.0555. The smallest absolute Gasteiger partial charge is 0.261 e. The summed E-state index contributed by atoms with van der Waals surface area (Å²) >= 11 is 5.96. The van der Waals surface area contributed by atoms with Crippen molar-refractivity contribution in [3.05, 3.63) is 71.2 Å². The number of hydrogen-bond acceptors (Lipinski definition) is 6. The average Bonchev–Trinajstić information content (AvgIpc) is 3.22. The number of nitrogens with one attached hydrogen (secondary N) is 2. The second-order valence-electron chi connectivity index (χ2n) is 6.73. The van der Waals surface area contributed by atoms with E-state index in [2.05, 4.69) is 10.0 Å². The molecule has 0 aromatic heterocycles. The number of carbonyl (C=O) groups is 1. The van der Waals surface area contributed by atoms with Gasteiger partial charge in [-0.05, 0) is 55.5 Å². The van der Waals surface area contributed by atoms with E-state index in [1.165, 1.54) is 30.3 Å². The number of benzene rings is 3. The number of hydrogen-bond donors (Lipinski definition) is 2. The lowest BCUT2D eigenvalue weighted by atomic mass is 10.2. The number of amides is 1. The molecule has 0 spiro atoms. The van der Waals surface area contributed by atoms with Gasteiger partial charge in [0.1, 0.15) is 5.75 Å². The van der Waals surface area contributed by atoms with Crippen LogP contribution in [0.5, 0.6) is 17.2 Å². The summed E-state index contributed by atoms with van der Waals surface area (Å²) in [5.74, 6) is 0.878. The molecule has 1 amide bonds. The number of sulfonamides is 1. The highest BCUT2D eigenvalue weighted by molar-refractivity contribution is 7.92. The van der Waals surface area contributed by atoms with Gasteiger partial charge in [0.15, 0.2) is 11.5 Å². The summed E-state index contributed by atoms with van der Waals surface area (Å²) in [6.07, 6.45) is 0. The van der Waals surface area contributed by atoms with E-state index in [-0.39, 0.29) is 17.4 Å². The molecular formula is C22H19ClN2O6S. The minimum atomic E-state index is -3.97. The van der Waals surface area contributed by atoms with Crippen LogP contribution in [0.3, 0.4) is 0 Å². The maximum atomic E-state index is 13.0. The van der Waals surface area contributed by atoms with Gasteiger partial charge in [-0.3, -0.25) is 9.52 Å². The number of fused-ring (bicyclic) bond motifs is 1. The lowest BCUT2D eigenvalue weighted by Gasteiger charge is -2.14. The van der Waals surface area contributed by atoms with Crippen LogP contribution in [-0.2, 0) is 10.0 Å². The van der Waals surface area contributed by atoms with Gasteiger partial charge in [-0.25, -0.2) is 8.42 Å². The van der Waals surface area contributed by atoms with Gasteiger partial charge in [0, 0.05) is 16.7 Å². The van der Waals surface area contributed by atoms with Crippen molar-refractivity contribution in [3.63, 3.8) is 0 Å². The summed E-state index contributed by atoms with van der Waals surface area (Å²) < 4.78 is 44.5. The third-order valence-corrected chi connectivity index (χ3v) is 6.14. The highest BCUT2D eigenvalue weighted by Crippen LogP contribution is 2.35. The number of rotatable bonds is 7. The molecule has 0 atom stereocenters. The first kappa shape index (κ1) is 21.8. The van der Waals surface area contributed by atoms with E-state index >= 15 is 0 Å². The number of carbonyl (C=O) groups excluding carboxylic acids is 1. The predicted molar refractivity (Wildman–Crippen MR) is 120 cm³/mol. The maximum Gasteiger partial charge on any atom is 0.261 e. The van der Waals surface area contributed by atoms with Crippen molar-refractivity contribution in [3.8, 4) is 17.2 Å². The molecule has 2 N–H and O–H groups in total. The van der Waals surface area contributed by atoms with E-state index in [0.29, 0.717) is 40.1 Å². The first-order valence-corrected chi connectivity index (χ1v) is 11.5. The van der Waals surface area contributed by atoms with E-state index in [4.69, 9.17) is 25.8 Å². The fraction of sp³-hybridized carbons (Fsp3) is 0.136. The Balaban J connectivity index is 1.62. The number of ether oxygens (including phenoxy) is 3. The van der Waals surface area contributed by atoms with Crippen LogP contribution in [0.15, 0.2) is 65.6 Å². The number of halogens is 1. The zero-order chi connectivity index (χ0) is 22.7. The van der Waals surface area contributed by atoms with Crippen LogP contribution >= 0.6 is 11.6 Å². The fourth-order valence-electron chi connectivity index (χ4n) is 3.05. The SMILES string of the molecule is CCOc1ccc(S(=O)(=O)Nc2ccc3c(c2)OCO3)cc1NC(=O)c1cccc(Cl)c1. The van der Waals surface area contributed by atoms with Crippen molar-refractivity contribution >= 4 is 38.9 Å². The van der Waals surface area contributed by atoms with E-state index in [1.54, 1.807) is 37.3 Å². The van der Waals surface area contributed by atoms with E-state index < -0.39 is 15.9 Å². The first-order valence-electron chi connectivity index (χ1n) is 9.62. The molecule has 10 heteroatoms. The first-order chi connectivity index (χ1) is 15.4. The van der Waals surface area contributed by atoms with Gasteiger partial charge < -0.3 is 19.5 Å². The van der Waals surface area contributed by atoms with Crippen LogP contribution in [-0.4, -0.2) is 27.7 Å². The van der Waals surface area contributed by atoms with Crippen LogP contribution in [0.4, 0.5) is 11.4 Å². The Morgan fingerprint density at radius 3 is 2.66 bits per heavy atom. The van der Waals surface area contributed by atoms with Crippen LogP contribution in [0.1, 0.15) is 17.3 Å². The maximum absolute atomic E-state index is 13.0. The number of anilines is 2. The normalized spacial score (nSPS) is 12.3. The van der Waals surface area contributed by atoms with Gasteiger partial charge in [-0.1, -0.05) is 17.7 Å². The van der Waals surface area contributed by atoms with Crippen molar-refractivity contribution in [1.82, 2.24) is 0 Å². The zero-order valence-electron chi connectivity index (χ0n) is 16.9. The third-order valence-electron chi connectivity index (χ3n) is 4.52. The monoisotopic (exact) mass is 474 g/mol. The summed E-state index contributed by atoms with van der Waals surface area (Å²) in [7, 11) is -3.97. The average molecular weight is 475 g/mol. The molecule has 0 bridgehead atoms. The molecule has 3 aromatic rings. The van der Waals surface area contributed by atoms with Crippen LogP contribution < -0.4 is 24.2 Å². The predicted octanol–water partition coefficient (Wildman–Crippen LogP) is 4.52. The molecule has 4 rings (SSSR count). The largest absolute Gasteiger partial charge is 0.492 e. The second kappa shape index (κ2) is 8.97. The van der Waals surface area contributed by atoms with Gasteiger partial charge in [-0.15, -0.1) is 0 Å². The molecule has 0 unspecified atom stereocenters. The van der Waals surface area contributed by atoms with Crippen molar-refractivity contribution in [2.45, 2.75) is 11.8 Å². The lowest BCUT2D eigenvalue weighted by molar-refractivity contribution is 0.102. The molecule has 0 fully saturated rings. The summed E-state index contributed by atoms with van der Waals surface area (Å²) in [6, 6.07) is 15.4. The van der Waals surface area contributed by atoms with Gasteiger partial charge in [0.05, 0.1) is 22.9 Å². The molecular weight excluding hydrogens is 456 g/mol. The van der Waals surface area contributed by atoms with Crippen molar-refractivity contribution < 1.29 is 27.4 Å². The molecule has 3 aromatic carbocycles. The summed E-state index contributed by atoms with van der Waals surface area (Å²) in [5, 5.41) is 3.11. The highest BCUT2D eigenvalue weighted by atomic mass is 35.5. The van der Waals surface area contributed by atoms with Gasteiger partial charge >= 0.3 is 0 Å². The third kappa shape index (κ3) is 4.74. The molecule has 0 radical (unpaired) electrons. The van der Waals surface area contributed by atoms with Crippen molar-refractivity contribution in [1.29, 1.82) is 0 Å². The van der Waals surface area contributed by atoms with Crippen molar-refractivity contribution in [2.75, 3.05) is 23.4 Å². The molecule has 32 heavy (non-hydrogen) atoms. The van der Waals surface area contributed by atoms with Gasteiger partial charge in [0.25, 0.3) is 15.9 Å². The Bertz CT molecular complexity index is 1280. The molecule has 1 heterocycles. The Morgan fingerprint density at radius 1 is 1.06 bits per heavy atom. The van der Waals surface area contributed by atoms with Crippen molar-refractivity contribution in [2.24, 2.45) is 0 Å². The van der Waals surface area contributed by atoms with E-state index in [1.807, 2.05) is 0 Å². The van der Waals surface area contributed by atoms with Crippen LogP contribution in [0, 0.1) is 0 Å². The van der Waals surface area contributed by atoms with E-state index in [9.17, 15) is 13.2 Å². The Morgan fingerprint density at radius 2 is 1.88 bits per heavy atom. The molecule has 8 nitrogen and oxygen atoms in total.